The fraction of sp³-hybridized carbons (Fsp3) is 0.136. The lowest BCUT2D eigenvalue weighted by Gasteiger charge is -2.08. The molecule has 2 aromatic heterocycles. The van der Waals surface area contributed by atoms with E-state index in [2.05, 4.69) is 4.98 Å². The molecule has 0 aliphatic carbocycles. The number of rotatable bonds is 4. The molecule has 0 bridgehead atoms. The van der Waals surface area contributed by atoms with Crippen LogP contribution in [0.1, 0.15) is 26.4 Å². The molecule has 0 aliphatic rings. The molecular weight excluding hydrogens is 372 g/mol. The smallest absolute Gasteiger partial charge is 0.335 e. The van der Waals surface area contributed by atoms with Gasteiger partial charge in [-0.1, -0.05) is 42.0 Å². The molecule has 2 aromatic carbocycles. The maximum atomic E-state index is 13.2. The quantitative estimate of drug-likeness (QED) is 0.557. The fourth-order valence-corrected chi connectivity index (χ4v) is 4.32. The minimum Gasteiger partial charge on any atom is -0.478 e. The van der Waals surface area contributed by atoms with E-state index in [1.54, 1.807) is 12.1 Å². The van der Waals surface area contributed by atoms with Crippen LogP contribution < -0.4 is 5.56 Å². The van der Waals surface area contributed by atoms with Crippen LogP contribution in [0.2, 0.25) is 0 Å². The summed E-state index contributed by atoms with van der Waals surface area (Å²) in [4.78, 5) is 30.7. The van der Waals surface area contributed by atoms with Crippen molar-refractivity contribution in [2.75, 3.05) is 0 Å². The number of thiophene rings is 1. The summed E-state index contributed by atoms with van der Waals surface area (Å²) in [6.07, 6.45) is 1.53. The fourth-order valence-electron chi connectivity index (χ4n) is 3.32. The molecule has 28 heavy (non-hydrogen) atoms. The van der Waals surface area contributed by atoms with E-state index in [0.717, 1.165) is 27.1 Å². The molecule has 2 heterocycles. The minimum absolute atomic E-state index is 0.120. The first kappa shape index (κ1) is 18.1. The summed E-state index contributed by atoms with van der Waals surface area (Å²) in [6.45, 7) is 4.30. The second-order valence-corrected chi connectivity index (χ2v) is 7.97. The van der Waals surface area contributed by atoms with Gasteiger partial charge in [0.15, 0.2) is 0 Å². The number of nitrogens with zero attached hydrogens (tertiary/aromatic N) is 2. The third kappa shape index (κ3) is 3.23. The van der Waals surface area contributed by atoms with Crippen LogP contribution >= 0.6 is 11.3 Å². The Bertz CT molecular complexity index is 1250. The highest BCUT2D eigenvalue weighted by atomic mass is 32.1. The predicted molar refractivity (Wildman–Crippen MR) is 111 cm³/mol. The van der Waals surface area contributed by atoms with Gasteiger partial charge in [0.05, 0.1) is 23.8 Å². The molecule has 6 heteroatoms. The summed E-state index contributed by atoms with van der Waals surface area (Å²) >= 11 is 1.51. The van der Waals surface area contributed by atoms with Gasteiger partial charge in [-0.05, 0) is 37.1 Å². The van der Waals surface area contributed by atoms with E-state index in [1.807, 2.05) is 44.2 Å². The molecule has 0 radical (unpaired) electrons. The topological polar surface area (TPSA) is 72.2 Å². The van der Waals surface area contributed by atoms with Crippen LogP contribution in [0.5, 0.6) is 0 Å². The third-order valence-corrected chi connectivity index (χ3v) is 5.74. The van der Waals surface area contributed by atoms with Gasteiger partial charge in [-0.2, -0.15) is 0 Å². The summed E-state index contributed by atoms with van der Waals surface area (Å²) in [5.74, 6) is -0.988. The number of carbonyl (C=O) groups is 1. The van der Waals surface area contributed by atoms with Gasteiger partial charge >= 0.3 is 5.97 Å². The van der Waals surface area contributed by atoms with Crippen molar-refractivity contribution in [3.05, 3.63) is 86.8 Å². The van der Waals surface area contributed by atoms with Crippen molar-refractivity contribution in [1.29, 1.82) is 0 Å². The number of aromatic carboxylic acids is 1. The lowest BCUT2D eigenvalue weighted by Crippen LogP contribution is -2.21. The van der Waals surface area contributed by atoms with E-state index < -0.39 is 5.97 Å². The molecule has 0 saturated carbocycles. The molecule has 0 atom stereocenters. The molecule has 0 unspecified atom stereocenters. The van der Waals surface area contributed by atoms with Crippen LogP contribution in [0, 0.1) is 13.8 Å². The molecule has 0 fully saturated rings. The average molecular weight is 390 g/mol. The summed E-state index contributed by atoms with van der Waals surface area (Å²) < 4.78 is 1.53. The van der Waals surface area contributed by atoms with Crippen LogP contribution in [0.25, 0.3) is 21.3 Å². The maximum absolute atomic E-state index is 13.2. The Kier molecular flexibility index (Phi) is 4.57. The Morgan fingerprint density at radius 2 is 1.89 bits per heavy atom. The van der Waals surface area contributed by atoms with Crippen LogP contribution in [0.4, 0.5) is 0 Å². The van der Waals surface area contributed by atoms with Gasteiger partial charge in [-0.15, -0.1) is 11.3 Å². The molecule has 4 aromatic rings. The standard InChI is InChI=1S/C22H18N2O3S/c1-13-6-8-16(9-7-13)18-14(2)28-20-19(18)21(25)24(12-23-20)11-15-4-3-5-17(10-15)22(26)27/h3-10,12H,11H2,1-2H3,(H,26,27). The molecule has 1 N–H and O–H groups in total. The number of hydrogen-bond donors (Lipinski definition) is 1. The molecule has 0 aliphatic heterocycles. The van der Waals surface area contributed by atoms with E-state index in [1.165, 1.54) is 28.3 Å². The second-order valence-electron chi connectivity index (χ2n) is 6.76. The predicted octanol–water partition coefficient (Wildman–Crippen LogP) is 4.49. The Labute approximate surface area is 165 Å². The summed E-state index contributed by atoms with van der Waals surface area (Å²) in [6, 6.07) is 14.7. The van der Waals surface area contributed by atoms with Gasteiger partial charge in [0.2, 0.25) is 0 Å². The van der Waals surface area contributed by atoms with E-state index in [-0.39, 0.29) is 17.7 Å². The van der Waals surface area contributed by atoms with Crippen LogP contribution in [-0.4, -0.2) is 20.6 Å². The van der Waals surface area contributed by atoms with Gasteiger partial charge in [0, 0.05) is 10.4 Å². The number of carboxylic acids is 1. The van der Waals surface area contributed by atoms with Gasteiger partial charge in [-0.3, -0.25) is 9.36 Å². The highest BCUT2D eigenvalue weighted by Gasteiger charge is 2.17. The highest BCUT2D eigenvalue weighted by Crippen LogP contribution is 2.35. The van der Waals surface area contributed by atoms with Crippen LogP contribution in [-0.2, 0) is 6.54 Å². The van der Waals surface area contributed by atoms with Crippen molar-refractivity contribution < 1.29 is 9.90 Å². The average Bonchev–Trinajstić information content (AvgIpc) is 3.02. The van der Waals surface area contributed by atoms with Crippen molar-refractivity contribution in [2.24, 2.45) is 0 Å². The monoisotopic (exact) mass is 390 g/mol. The van der Waals surface area contributed by atoms with Gasteiger partial charge in [-0.25, -0.2) is 9.78 Å². The van der Waals surface area contributed by atoms with Crippen molar-refractivity contribution in [3.8, 4) is 11.1 Å². The summed E-state index contributed by atoms with van der Waals surface area (Å²) in [5.41, 5.74) is 3.91. The Balaban J connectivity index is 1.84. The van der Waals surface area contributed by atoms with E-state index in [4.69, 9.17) is 0 Å². The van der Waals surface area contributed by atoms with E-state index in [9.17, 15) is 14.7 Å². The zero-order valence-corrected chi connectivity index (χ0v) is 16.3. The number of fused-ring (bicyclic) bond motifs is 1. The number of aryl methyl sites for hydroxylation is 2. The molecule has 0 saturated heterocycles. The van der Waals surface area contributed by atoms with Crippen molar-refractivity contribution in [2.45, 2.75) is 20.4 Å². The maximum Gasteiger partial charge on any atom is 0.335 e. The number of carboxylic acid groups (broad SMARTS) is 1. The first-order chi connectivity index (χ1) is 13.4. The summed E-state index contributed by atoms with van der Waals surface area (Å²) in [7, 11) is 0. The largest absolute Gasteiger partial charge is 0.478 e. The molecular formula is C22H18N2O3S. The summed E-state index contributed by atoms with van der Waals surface area (Å²) in [5, 5.41) is 9.79. The number of aromatic nitrogens is 2. The first-order valence-electron chi connectivity index (χ1n) is 8.82. The van der Waals surface area contributed by atoms with Crippen molar-refractivity contribution in [1.82, 2.24) is 9.55 Å². The van der Waals surface area contributed by atoms with Gasteiger partial charge < -0.3 is 5.11 Å². The van der Waals surface area contributed by atoms with Gasteiger partial charge in [0.25, 0.3) is 5.56 Å². The Hall–Kier alpha value is -3.25. The molecule has 5 nitrogen and oxygen atoms in total. The number of benzene rings is 2. The normalized spacial score (nSPS) is 11.1. The SMILES string of the molecule is Cc1ccc(-c2c(C)sc3ncn(Cc4cccc(C(=O)O)c4)c(=O)c23)cc1. The van der Waals surface area contributed by atoms with Crippen molar-refractivity contribution in [3.63, 3.8) is 0 Å². The van der Waals surface area contributed by atoms with Crippen molar-refractivity contribution >= 4 is 27.5 Å². The second kappa shape index (κ2) is 7.05. The minimum atomic E-state index is -0.988. The molecule has 0 amide bonds. The molecule has 4 rings (SSSR count). The zero-order valence-electron chi connectivity index (χ0n) is 15.5. The van der Waals surface area contributed by atoms with Gasteiger partial charge in [0.1, 0.15) is 4.83 Å². The van der Waals surface area contributed by atoms with Crippen LogP contribution in [0.3, 0.4) is 0 Å². The number of hydrogen-bond acceptors (Lipinski definition) is 4. The Morgan fingerprint density at radius 1 is 1.14 bits per heavy atom. The molecule has 0 spiro atoms. The third-order valence-electron chi connectivity index (χ3n) is 4.72. The Morgan fingerprint density at radius 3 is 2.61 bits per heavy atom. The van der Waals surface area contributed by atoms with E-state index in [0.29, 0.717) is 10.2 Å². The van der Waals surface area contributed by atoms with E-state index >= 15 is 0 Å². The highest BCUT2D eigenvalue weighted by molar-refractivity contribution is 7.19. The first-order valence-corrected chi connectivity index (χ1v) is 9.63. The molecule has 140 valence electrons. The lowest BCUT2D eigenvalue weighted by molar-refractivity contribution is 0.0696. The van der Waals surface area contributed by atoms with Crippen LogP contribution in [0.15, 0.2) is 59.7 Å². The lowest BCUT2D eigenvalue weighted by atomic mass is 10.0. The zero-order chi connectivity index (χ0) is 19.8.